The van der Waals surface area contributed by atoms with Crippen LogP contribution >= 0.6 is 0 Å². The highest BCUT2D eigenvalue weighted by Crippen LogP contribution is 2.13. The van der Waals surface area contributed by atoms with Crippen LogP contribution in [0.15, 0.2) is 0 Å². The Hall–Kier alpha value is -0.590. The van der Waals surface area contributed by atoms with E-state index >= 15 is 0 Å². The maximum atomic E-state index is 8.61. The third kappa shape index (κ3) is 3.28. The highest BCUT2D eigenvalue weighted by molar-refractivity contribution is 4.83. The largest absolute Gasteiger partial charge is 0.311 e. The van der Waals surface area contributed by atoms with Crippen molar-refractivity contribution in [2.24, 2.45) is 0 Å². The van der Waals surface area contributed by atoms with Gasteiger partial charge in [-0.05, 0) is 32.9 Å². The summed E-state index contributed by atoms with van der Waals surface area (Å²) in [4.78, 5) is 2.41. The Balaban J connectivity index is 2.21. The van der Waals surface area contributed by atoms with Crippen LogP contribution < -0.4 is 5.32 Å². The van der Waals surface area contributed by atoms with E-state index in [9.17, 15) is 0 Å². The second kappa shape index (κ2) is 6.00. The van der Waals surface area contributed by atoms with E-state index in [1.807, 2.05) is 0 Å². The van der Waals surface area contributed by atoms with E-state index in [2.05, 4.69) is 30.3 Å². The van der Waals surface area contributed by atoms with Gasteiger partial charge in [-0.1, -0.05) is 6.92 Å². The topological polar surface area (TPSA) is 39.1 Å². The molecule has 1 rings (SSSR count). The highest BCUT2D eigenvalue weighted by Gasteiger charge is 2.20. The van der Waals surface area contributed by atoms with Crippen molar-refractivity contribution in [3.63, 3.8) is 0 Å². The number of rotatable bonds is 5. The standard InChI is InChI=1S/C11H21N3/c1-3-10(6-7-12)13-9-11-5-4-8-14(11)2/h10-11,13H,3-6,8-9H2,1-2H3. The maximum Gasteiger partial charge on any atom is 0.0638 e. The Bertz CT molecular complexity index is 197. The molecule has 0 amide bonds. The Kier molecular flexibility index (Phi) is 4.92. The van der Waals surface area contributed by atoms with E-state index in [4.69, 9.17) is 5.26 Å². The molecule has 0 saturated carbocycles. The lowest BCUT2D eigenvalue weighted by Gasteiger charge is -2.22. The predicted octanol–water partition coefficient (Wildman–Crippen LogP) is 1.36. The minimum absolute atomic E-state index is 0.383. The minimum Gasteiger partial charge on any atom is -0.311 e. The number of hydrogen-bond acceptors (Lipinski definition) is 3. The summed E-state index contributed by atoms with van der Waals surface area (Å²) in [5, 5.41) is 12.1. The first-order valence-corrected chi connectivity index (χ1v) is 5.58. The van der Waals surface area contributed by atoms with Gasteiger partial charge < -0.3 is 10.2 Å². The van der Waals surface area contributed by atoms with Crippen molar-refractivity contribution >= 4 is 0 Å². The fourth-order valence-electron chi connectivity index (χ4n) is 2.01. The molecule has 3 nitrogen and oxygen atoms in total. The summed E-state index contributed by atoms with van der Waals surface area (Å²) in [5.41, 5.74) is 0. The van der Waals surface area contributed by atoms with E-state index in [1.165, 1.54) is 19.4 Å². The fraction of sp³-hybridized carbons (Fsp3) is 0.909. The molecule has 0 aromatic rings. The Labute approximate surface area is 87.1 Å². The van der Waals surface area contributed by atoms with Crippen LogP contribution in [0, 0.1) is 11.3 Å². The predicted molar refractivity (Wildman–Crippen MR) is 58.0 cm³/mol. The second-order valence-electron chi connectivity index (χ2n) is 4.15. The summed E-state index contributed by atoms with van der Waals surface area (Å²) in [7, 11) is 2.19. The van der Waals surface area contributed by atoms with Gasteiger partial charge in [0.2, 0.25) is 0 Å². The van der Waals surface area contributed by atoms with E-state index in [1.54, 1.807) is 0 Å². The van der Waals surface area contributed by atoms with Gasteiger partial charge in [-0.25, -0.2) is 0 Å². The van der Waals surface area contributed by atoms with Gasteiger partial charge in [0, 0.05) is 18.6 Å². The van der Waals surface area contributed by atoms with Gasteiger partial charge in [-0.2, -0.15) is 5.26 Å². The number of likely N-dealkylation sites (N-methyl/N-ethyl adjacent to an activating group) is 1. The van der Waals surface area contributed by atoms with Crippen molar-refractivity contribution < 1.29 is 0 Å². The number of nitrogens with one attached hydrogen (secondary N) is 1. The van der Waals surface area contributed by atoms with Crippen LogP contribution in [-0.4, -0.2) is 37.1 Å². The molecule has 1 saturated heterocycles. The van der Waals surface area contributed by atoms with Crippen LogP contribution in [0.5, 0.6) is 0 Å². The lowest BCUT2D eigenvalue weighted by atomic mass is 10.1. The summed E-state index contributed by atoms with van der Waals surface area (Å²) < 4.78 is 0. The number of nitriles is 1. The zero-order valence-corrected chi connectivity index (χ0v) is 9.29. The molecule has 0 radical (unpaired) electrons. The van der Waals surface area contributed by atoms with Crippen LogP contribution in [0.2, 0.25) is 0 Å². The molecule has 1 N–H and O–H groups in total. The van der Waals surface area contributed by atoms with Crippen LogP contribution in [0.1, 0.15) is 32.6 Å². The number of hydrogen-bond donors (Lipinski definition) is 1. The fourth-order valence-corrected chi connectivity index (χ4v) is 2.01. The Morgan fingerprint density at radius 2 is 2.43 bits per heavy atom. The zero-order chi connectivity index (χ0) is 10.4. The van der Waals surface area contributed by atoms with Gasteiger partial charge in [0.15, 0.2) is 0 Å². The third-order valence-electron chi connectivity index (χ3n) is 3.14. The van der Waals surface area contributed by atoms with E-state index in [0.717, 1.165) is 13.0 Å². The molecule has 1 fully saturated rings. The van der Waals surface area contributed by atoms with E-state index < -0.39 is 0 Å². The van der Waals surface area contributed by atoms with Crippen molar-refractivity contribution in [1.29, 1.82) is 5.26 Å². The Morgan fingerprint density at radius 3 is 2.93 bits per heavy atom. The van der Waals surface area contributed by atoms with E-state index in [-0.39, 0.29) is 0 Å². The SMILES string of the molecule is CCC(CC#N)NCC1CCCN1C. The van der Waals surface area contributed by atoms with Crippen molar-refractivity contribution in [3.05, 3.63) is 0 Å². The molecule has 1 aliphatic heterocycles. The van der Waals surface area contributed by atoms with Crippen molar-refractivity contribution in [1.82, 2.24) is 10.2 Å². The van der Waals surface area contributed by atoms with Crippen molar-refractivity contribution in [2.75, 3.05) is 20.1 Å². The smallest absolute Gasteiger partial charge is 0.0638 e. The summed E-state index contributed by atoms with van der Waals surface area (Å²) in [6.45, 7) is 4.39. The van der Waals surface area contributed by atoms with Crippen molar-refractivity contribution in [3.8, 4) is 6.07 Å². The average molecular weight is 195 g/mol. The molecule has 0 aromatic heterocycles. The zero-order valence-electron chi connectivity index (χ0n) is 9.29. The van der Waals surface area contributed by atoms with Gasteiger partial charge >= 0.3 is 0 Å². The average Bonchev–Trinajstić information content (AvgIpc) is 2.59. The molecule has 14 heavy (non-hydrogen) atoms. The van der Waals surface area contributed by atoms with E-state index in [0.29, 0.717) is 18.5 Å². The minimum atomic E-state index is 0.383. The number of likely N-dealkylation sites (tertiary alicyclic amines) is 1. The molecule has 0 bridgehead atoms. The first kappa shape index (κ1) is 11.5. The molecule has 1 aliphatic rings. The quantitative estimate of drug-likeness (QED) is 0.720. The first-order valence-electron chi connectivity index (χ1n) is 5.58. The van der Waals surface area contributed by atoms with Crippen molar-refractivity contribution in [2.45, 2.75) is 44.7 Å². The van der Waals surface area contributed by atoms with Crippen LogP contribution in [0.3, 0.4) is 0 Å². The van der Waals surface area contributed by atoms with Gasteiger partial charge in [-0.3, -0.25) is 0 Å². The summed E-state index contributed by atoms with van der Waals surface area (Å²) in [5.74, 6) is 0. The van der Waals surface area contributed by atoms with Gasteiger partial charge in [0.05, 0.1) is 12.5 Å². The summed E-state index contributed by atoms with van der Waals surface area (Å²) in [6, 6.07) is 3.30. The number of nitrogens with zero attached hydrogens (tertiary/aromatic N) is 2. The van der Waals surface area contributed by atoms with Gasteiger partial charge in [0.1, 0.15) is 0 Å². The normalized spacial score (nSPS) is 24.8. The van der Waals surface area contributed by atoms with Crippen LogP contribution in [-0.2, 0) is 0 Å². The second-order valence-corrected chi connectivity index (χ2v) is 4.15. The lowest BCUT2D eigenvalue weighted by Crippen LogP contribution is -2.40. The van der Waals surface area contributed by atoms with Gasteiger partial charge in [-0.15, -0.1) is 0 Å². The molecule has 0 spiro atoms. The highest BCUT2D eigenvalue weighted by atomic mass is 15.2. The molecule has 0 aromatic carbocycles. The van der Waals surface area contributed by atoms with Crippen LogP contribution in [0.25, 0.3) is 0 Å². The molecular formula is C11H21N3. The van der Waals surface area contributed by atoms with Crippen LogP contribution in [0.4, 0.5) is 0 Å². The lowest BCUT2D eigenvalue weighted by molar-refractivity contribution is 0.290. The molecule has 0 aliphatic carbocycles. The summed E-state index contributed by atoms with van der Waals surface area (Å²) in [6.07, 6.45) is 4.29. The third-order valence-corrected chi connectivity index (χ3v) is 3.14. The van der Waals surface area contributed by atoms with Gasteiger partial charge in [0.25, 0.3) is 0 Å². The molecule has 3 heteroatoms. The monoisotopic (exact) mass is 195 g/mol. The first-order chi connectivity index (χ1) is 6.77. The molecule has 80 valence electrons. The Morgan fingerprint density at radius 1 is 1.64 bits per heavy atom. The molecule has 1 heterocycles. The maximum absolute atomic E-state index is 8.61. The molecule has 2 unspecified atom stereocenters. The summed E-state index contributed by atoms with van der Waals surface area (Å²) >= 11 is 0. The molecule has 2 atom stereocenters. The molecular weight excluding hydrogens is 174 g/mol.